The Labute approximate surface area is 124 Å². The predicted molar refractivity (Wildman–Crippen MR) is 81.4 cm³/mol. The molecule has 2 aromatic carbocycles. The van der Waals surface area contributed by atoms with Crippen LogP contribution >= 0.6 is 0 Å². The van der Waals surface area contributed by atoms with Crippen LogP contribution in [-0.4, -0.2) is 11.9 Å². The minimum absolute atomic E-state index is 0.162. The Hall–Kier alpha value is -2.16. The molecular weight excluding hydrogens is 267 g/mol. The maximum atomic E-state index is 12.9. The number of carbonyl (C=O) groups is 1. The van der Waals surface area contributed by atoms with Crippen LogP contribution < -0.4 is 4.74 Å². The second kappa shape index (κ2) is 6.53. The molecule has 0 saturated heterocycles. The fraction of sp³-hybridized carbons (Fsp3) is 0.278. The highest BCUT2D eigenvalue weighted by atomic mass is 19.1. The van der Waals surface area contributed by atoms with Crippen LogP contribution in [-0.2, 0) is 0 Å². The van der Waals surface area contributed by atoms with Crippen LogP contribution in [0.2, 0.25) is 0 Å². The SMILES string of the molecule is CC(Oc1cccc(C(C)C)c1)C(=O)c1ccc(F)cc1. The average Bonchev–Trinajstić information content (AvgIpc) is 2.47. The summed E-state index contributed by atoms with van der Waals surface area (Å²) < 4.78 is 18.6. The third-order valence-corrected chi connectivity index (χ3v) is 3.34. The third-order valence-electron chi connectivity index (χ3n) is 3.34. The van der Waals surface area contributed by atoms with Crippen molar-refractivity contribution in [2.45, 2.75) is 32.8 Å². The molecule has 0 aromatic heterocycles. The zero-order valence-corrected chi connectivity index (χ0v) is 12.5. The van der Waals surface area contributed by atoms with Crippen LogP contribution in [0.15, 0.2) is 48.5 Å². The first-order valence-electron chi connectivity index (χ1n) is 7.04. The number of ketones is 1. The van der Waals surface area contributed by atoms with Crippen molar-refractivity contribution in [2.24, 2.45) is 0 Å². The molecule has 3 heteroatoms. The van der Waals surface area contributed by atoms with E-state index in [1.54, 1.807) is 6.92 Å². The molecular formula is C18H19FO2. The van der Waals surface area contributed by atoms with Crippen LogP contribution in [0.1, 0.15) is 42.6 Å². The van der Waals surface area contributed by atoms with Gasteiger partial charge < -0.3 is 4.74 Å². The minimum atomic E-state index is -0.613. The van der Waals surface area contributed by atoms with E-state index >= 15 is 0 Å². The van der Waals surface area contributed by atoms with Gasteiger partial charge in [0.2, 0.25) is 5.78 Å². The summed E-state index contributed by atoms with van der Waals surface area (Å²) in [6, 6.07) is 13.2. The maximum Gasteiger partial charge on any atom is 0.202 e. The molecule has 0 saturated carbocycles. The van der Waals surface area contributed by atoms with Gasteiger partial charge >= 0.3 is 0 Å². The highest BCUT2D eigenvalue weighted by Crippen LogP contribution is 2.21. The van der Waals surface area contributed by atoms with E-state index in [0.29, 0.717) is 17.2 Å². The Morgan fingerprint density at radius 2 is 1.71 bits per heavy atom. The molecule has 0 bridgehead atoms. The van der Waals surface area contributed by atoms with Gasteiger partial charge in [-0.1, -0.05) is 26.0 Å². The van der Waals surface area contributed by atoms with Gasteiger partial charge in [0.1, 0.15) is 11.6 Å². The molecule has 0 aliphatic rings. The zero-order valence-electron chi connectivity index (χ0n) is 12.5. The lowest BCUT2D eigenvalue weighted by Crippen LogP contribution is -2.23. The Bertz CT molecular complexity index is 617. The summed E-state index contributed by atoms with van der Waals surface area (Å²) in [4.78, 5) is 12.2. The van der Waals surface area contributed by atoms with Crippen LogP contribution in [0.5, 0.6) is 5.75 Å². The van der Waals surface area contributed by atoms with Crippen molar-refractivity contribution in [1.29, 1.82) is 0 Å². The smallest absolute Gasteiger partial charge is 0.202 e. The summed E-state index contributed by atoms with van der Waals surface area (Å²) in [5.41, 5.74) is 1.61. The summed E-state index contributed by atoms with van der Waals surface area (Å²) in [6.45, 7) is 5.91. The molecule has 0 aliphatic carbocycles. The van der Waals surface area contributed by atoms with Crippen LogP contribution in [0.4, 0.5) is 4.39 Å². The van der Waals surface area contributed by atoms with E-state index in [-0.39, 0.29) is 11.6 Å². The van der Waals surface area contributed by atoms with Gasteiger partial charge in [-0.2, -0.15) is 0 Å². The molecule has 0 amide bonds. The normalized spacial score (nSPS) is 12.2. The molecule has 0 radical (unpaired) electrons. The van der Waals surface area contributed by atoms with E-state index in [1.807, 2.05) is 24.3 Å². The van der Waals surface area contributed by atoms with Crippen LogP contribution in [0, 0.1) is 5.82 Å². The van der Waals surface area contributed by atoms with Gasteiger partial charge in [-0.25, -0.2) is 4.39 Å². The molecule has 2 nitrogen and oxygen atoms in total. The molecule has 0 heterocycles. The standard InChI is InChI=1S/C18H19FO2/c1-12(2)15-5-4-6-17(11-15)21-13(3)18(20)14-7-9-16(19)10-8-14/h4-13H,1-3H3. The van der Waals surface area contributed by atoms with Gasteiger partial charge in [-0.05, 0) is 54.8 Å². The number of hydrogen-bond donors (Lipinski definition) is 0. The molecule has 0 aliphatic heterocycles. The van der Waals surface area contributed by atoms with Crippen LogP contribution in [0.25, 0.3) is 0 Å². The fourth-order valence-corrected chi connectivity index (χ4v) is 2.05. The summed E-state index contributed by atoms with van der Waals surface area (Å²) in [7, 11) is 0. The van der Waals surface area contributed by atoms with Gasteiger partial charge in [-0.3, -0.25) is 4.79 Å². The molecule has 0 spiro atoms. The topological polar surface area (TPSA) is 26.3 Å². The van der Waals surface area contributed by atoms with Gasteiger partial charge in [0.05, 0.1) is 0 Å². The second-order valence-electron chi connectivity index (χ2n) is 5.36. The van der Waals surface area contributed by atoms with E-state index < -0.39 is 6.10 Å². The van der Waals surface area contributed by atoms with E-state index in [2.05, 4.69) is 13.8 Å². The monoisotopic (exact) mass is 286 g/mol. The Morgan fingerprint density at radius 3 is 2.33 bits per heavy atom. The molecule has 0 fully saturated rings. The lowest BCUT2D eigenvalue weighted by molar-refractivity contribution is 0.0818. The van der Waals surface area contributed by atoms with Crippen molar-refractivity contribution >= 4 is 5.78 Å². The highest BCUT2D eigenvalue weighted by Gasteiger charge is 2.17. The van der Waals surface area contributed by atoms with E-state index in [0.717, 1.165) is 5.56 Å². The number of benzene rings is 2. The number of hydrogen-bond acceptors (Lipinski definition) is 2. The largest absolute Gasteiger partial charge is 0.483 e. The van der Waals surface area contributed by atoms with Gasteiger partial charge in [0, 0.05) is 5.56 Å². The summed E-state index contributed by atoms with van der Waals surface area (Å²) in [6.07, 6.45) is -0.613. The molecule has 1 unspecified atom stereocenters. The van der Waals surface area contributed by atoms with E-state index in [4.69, 9.17) is 4.74 Å². The Morgan fingerprint density at radius 1 is 1.05 bits per heavy atom. The van der Waals surface area contributed by atoms with E-state index in [9.17, 15) is 9.18 Å². The average molecular weight is 286 g/mol. The second-order valence-corrected chi connectivity index (χ2v) is 5.36. The van der Waals surface area contributed by atoms with Crippen molar-refractivity contribution in [3.05, 3.63) is 65.5 Å². The molecule has 1 atom stereocenters. The first-order chi connectivity index (χ1) is 9.97. The summed E-state index contributed by atoms with van der Waals surface area (Å²) in [5.74, 6) is 0.551. The van der Waals surface area contributed by atoms with E-state index in [1.165, 1.54) is 24.3 Å². The lowest BCUT2D eigenvalue weighted by atomic mass is 10.0. The van der Waals surface area contributed by atoms with Crippen molar-refractivity contribution in [2.75, 3.05) is 0 Å². The lowest BCUT2D eigenvalue weighted by Gasteiger charge is -2.15. The Balaban J connectivity index is 2.10. The molecule has 2 rings (SSSR count). The molecule has 110 valence electrons. The summed E-state index contributed by atoms with van der Waals surface area (Å²) >= 11 is 0. The van der Waals surface area contributed by atoms with Gasteiger partial charge in [0.25, 0.3) is 0 Å². The van der Waals surface area contributed by atoms with Crippen LogP contribution in [0.3, 0.4) is 0 Å². The fourth-order valence-electron chi connectivity index (χ4n) is 2.05. The van der Waals surface area contributed by atoms with Crippen molar-refractivity contribution in [1.82, 2.24) is 0 Å². The highest BCUT2D eigenvalue weighted by molar-refractivity contribution is 5.99. The Kier molecular flexibility index (Phi) is 4.73. The number of ether oxygens (including phenoxy) is 1. The third kappa shape index (κ3) is 3.91. The summed E-state index contributed by atoms with van der Waals surface area (Å²) in [5, 5.41) is 0. The first kappa shape index (κ1) is 15.2. The van der Waals surface area contributed by atoms with Gasteiger partial charge in [-0.15, -0.1) is 0 Å². The minimum Gasteiger partial charge on any atom is -0.483 e. The zero-order chi connectivity index (χ0) is 15.4. The van der Waals surface area contributed by atoms with Gasteiger partial charge in [0.15, 0.2) is 6.10 Å². The number of halogens is 1. The number of rotatable bonds is 5. The molecule has 2 aromatic rings. The quantitative estimate of drug-likeness (QED) is 0.751. The number of Topliss-reactive ketones (excluding diaryl/α,β-unsaturated/α-hetero) is 1. The molecule has 21 heavy (non-hydrogen) atoms. The van der Waals surface area contributed by atoms with Crippen molar-refractivity contribution in [3.8, 4) is 5.75 Å². The maximum absolute atomic E-state index is 12.9. The van der Waals surface area contributed by atoms with Crippen molar-refractivity contribution in [3.63, 3.8) is 0 Å². The molecule has 0 N–H and O–H groups in total. The predicted octanol–water partition coefficient (Wildman–Crippen LogP) is 4.60. The number of carbonyl (C=O) groups excluding carboxylic acids is 1. The first-order valence-corrected chi connectivity index (χ1v) is 7.04. The van der Waals surface area contributed by atoms with Crippen molar-refractivity contribution < 1.29 is 13.9 Å².